The van der Waals surface area contributed by atoms with Crippen molar-refractivity contribution in [3.05, 3.63) is 47.9 Å². The van der Waals surface area contributed by atoms with Gasteiger partial charge >= 0.3 is 0 Å². The van der Waals surface area contributed by atoms with Gasteiger partial charge in [-0.1, -0.05) is 0 Å². The van der Waals surface area contributed by atoms with Gasteiger partial charge in [0.25, 0.3) is 0 Å². The third kappa shape index (κ3) is 4.65. The summed E-state index contributed by atoms with van der Waals surface area (Å²) in [6.45, 7) is 2.11. The van der Waals surface area contributed by atoms with E-state index in [0.717, 1.165) is 0 Å². The number of nitrogens with two attached hydrogens (primary N) is 1. The van der Waals surface area contributed by atoms with Gasteiger partial charge in [-0.3, -0.25) is 14.3 Å². The minimum atomic E-state index is -0.622. The van der Waals surface area contributed by atoms with Crippen molar-refractivity contribution >= 4 is 22.7 Å². The van der Waals surface area contributed by atoms with Gasteiger partial charge in [0.2, 0.25) is 11.8 Å². The number of hydrogen-bond donors (Lipinski definition) is 1. The van der Waals surface area contributed by atoms with Crippen LogP contribution in [0.2, 0.25) is 0 Å². The Morgan fingerprint density at radius 1 is 1.28 bits per heavy atom. The first kappa shape index (κ1) is 21.6. The lowest BCUT2D eigenvalue weighted by molar-refractivity contribution is -0.142. The fourth-order valence-corrected chi connectivity index (χ4v) is 3.51. The summed E-state index contributed by atoms with van der Waals surface area (Å²) >= 11 is 0. The Labute approximate surface area is 183 Å². The normalized spacial score (nSPS) is 14.1. The van der Waals surface area contributed by atoms with Gasteiger partial charge < -0.3 is 24.8 Å². The maximum absolute atomic E-state index is 14.7. The van der Waals surface area contributed by atoms with Crippen molar-refractivity contribution in [3.8, 4) is 17.2 Å². The largest absolute Gasteiger partial charge is 0.493 e. The molecular formula is C22H23FN4O5. The van der Waals surface area contributed by atoms with Crippen molar-refractivity contribution in [2.24, 2.45) is 12.8 Å². The summed E-state index contributed by atoms with van der Waals surface area (Å²) in [7, 11) is 1.72. The Morgan fingerprint density at radius 3 is 2.88 bits per heavy atom. The molecule has 0 aliphatic carbocycles. The number of aryl methyl sites for hydroxylation is 1. The molecule has 10 heteroatoms. The molecule has 2 N–H and O–H groups in total. The lowest BCUT2D eigenvalue weighted by Gasteiger charge is -2.26. The number of ether oxygens (including phenoxy) is 3. The molecule has 1 saturated heterocycles. The Bertz CT molecular complexity index is 1160. The van der Waals surface area contributed by atoms with Crippen molar-refractivity contribution < 1.29 is 28.2 Å². The van der Waals surface area contributed by atoms with E-state index in [0.29, 0.717) is 49.4 Å². The fraction of sp³-hybridized carbons (Fsp3) is 0.318. The fourth-order valence-electron chi connectivity index (χ4n) is 3.51. The van der Waals surface area contributed by atoms with Crippen LogP contribution in [0.25, 0.3) is 10.9 Å². The molecule has 0 unspecified atom stereocenters. The number of carbonyl (C=O) groups excluding carboxylic acids is 2. The lowest BCUT2D eigenvalue weighted by atomic mass is 10.1. The molecule has 1 aromatic heterocycles. The average Bonchev–Trinajstić information content (AvgIpc) is 3.15. The Morgan fingerprint density at radius 2 is 2.12 bits per heavy atom. The lowest BCUT2D eigenvalue weighted by Crippen LogP contribution is -2.42. The highest BCUT2D eigenvalue weighted by atomic mass is 19.1. The first-order valence-electron chi connectivity index (χ1n) is 10.1. The predicted molar refractivity (Wildman–Crippen MR) is 113 cm³/mol. The van der Waals surface area contributed by atoms with E-state index in [1.54, 1.807) is 35.0 Å². The number of carbonyl (C=O) groups is 2. The van der Waals surface area contributed by atoms with Gasteiger partial charge in [-0.25, -0.2) is 4.39 Å². The smallest absolute Gasteiger partial charge is 0.248 e. The Kier molecular flexibility index (Phi) is 6.22. The summed E-state index contributed by atoms with van der Waals surface area (Å²) in [6.07, 6.45) is 2.19. The molecule has 0 spiro atoms. The number of hydrogen-bond acceptors (Lipinski definition) is 6. The predicted octanol–water partition coefficient (Wildman–Crippen LogP) is 2.23. The molecule has 1 fully saturated rings. The third-order valence-corrected chi connectivity index (χ3v) is 5.13. The first-order chi connectivity index (χ1) is 15.4. The van der Waals surface area contributed by atoms with E-state index in [1.807, 2.05) is 0 Å². The number of fused-ring (bicyclic) bond motifs is 1. The number of rotatable bonds is 8. The van der Waals surface area contributed by atoms with Crippen LogP contribution in [-0.2, 0) is 16.6 Å². The SMILES string of the molecule is Cn1ncc2cc(C(N)=O)cc(Oc3ccc(OCCCN4CCOCC4=O)cc3F)c21. The van der Waals surface area contributed by atoms with E-state index in [-0.39, 0.29) is 29.6 Å². The minimum Gasteiger partial charge on any atom is -0.493 e. The topological polar surface area (TPSA) is 109 Å². The Hall–Kier alpha value is -3.66. The third-order valence-electron chi connectivity index (χ3n) is 5.13. The zero-order valence-corrected chi connectivity index (χ0v) is 17.5. The van der Waals surface area contributed by atoms with E-state index in [2.05, 4.69) is 5.10 Å². The van der Waals surface area contributed by atoms with Crippen LogP contribution in [0.5, 0.6) is 17.2 Å². The van der Waals surface area contributed by atoms with E-state index < -0.39 is 11.7 Å². The molecule has 2 amide bonds. The summed E-state index contributed by atoms with van der Waals surface area (Å²) in [4.78, 5) is 25.1. The molecule has 1 aliphatic rings. The first-order valence-corrected chi connectivity index (χ1v) is 10.1. The summed E-state index contributed by atoms with van der Waals surface area (Å²) in [5.41, 5.74) is 6.24. The Balaban J connectivity index is 1.42. The van der Waals surface area contributed by atoms with E-state index in [1.165, 1.54) is 18.2 Å². The maximum atomic E-state index is 14.7. The van der Waals surface area contributed by atoms with Crippen molar-refractivity contribution in [3.63, 3.8) is 0 Å². The van der Waals surface area contributed by atoms with Gasteiger partial charge in [0.05, 0.1) is 19.4 Å². The number of nitrogens with zero attached hydrogens (tertiary/aromatic N) is 3. The molecule has 4 rings (SSSR count). The summed E-state index contributed by atoms with van der Waals surface area (Å²) < 4.78 is 32.7. The quantitative estimate of drug-likeness (QED) is 0.536. The van der Waals surface area contributed by atoms with Gasteiger partial charge in [0.15, 0.2) is 17.3 Å². The molecule has 2 heterocycles. The number of aromatic nitrogens is 2. The summed E-state index contributed by atoms with van der Waals surface area (Å²) in [5, 5.41) is 4.81. The van der Waals surface area contributed by atoms with Gasteiger partial charge in [0.1, 0.15) is 17.9 Å². The second-order valence-electron chi connectivity index (χ2n) is 7.37. The second kappa shape index (κ2) is 9.23. The van der Waals surface area contributed by atoms with Crippen LogP contribution in [0.1, 0.15) is 16.8 Å². The van der Waals surface area contributed by atoms with E-state index >= 15 is 0 Å². The molecule has 9 nitrogen and oxygen atoms in total. The highest BCUT2D eigenvalue weighted by Gasteiger charge is 2.18. The van der Waals surface area contributed by atoms with Crippen LogP contribution < -0.4 is 15.2 Å². The standard InChI is InChI=1S/C22H23FN4O5/c1-26-21-15(12-25-26)9-14(22(24)29)10-19(21)32-18-4-3-16(11-17(18)23)31-7-2-5-27-6-8-30-13-20(27)28/h3-4,9-12H,2,5-8,13H2,1H3,(H2,24,29). The van der Waals surface area contributed by atoms with Crippen LogP contribution in [-0.4, -0.2) is 59.4 Å². The highest BCUT2D eigenvalue weighted by Crippen LogP contribution is 2.33. The van der Waals surface area contributed by atoms with Gasteiger partial charge in [-0.2, -0.15) is 5.10 Å². The van der Waals surface area contributed by atoms with Gasteiger partial charge in [-0.15, -0.1) is 0 Å². The molecule has 3 aromatic rings. The second-order valence-corrected chi connectivity index (χ2v) is 7.37. The molecule has 0 radical (unpaired) electrons. The maximum Gasteiger partial charge on any atom is 0.248 e. The molecule has 168 valence electrons. The molecule has 32 heavy (non-hydrogen) atoms. The van der Waals surface area contributed by atoms with Gasteiger partial charge in [-0.05, 0) is 30.7 Å². The number of benzene rings is 2. The molecule has 0 bridgehead atoms. The van der Waals surface area contributed by atoms with Crippen LogP contribution in [0, 0.1) is 5.82 Å². The van der Waals surface area contributed by atoms with Crippen LogP contribution in [0.3, 0.4) is 0 Å². The number of halogens is 1. The number of morpholine rings is 1. The monoisotopic (exact) mass is 442 g/mol. The molecule has 0 atom stereocenters. The molecular weight excluding hydrogens is 419 g/mol. The number of primary amides is 1. The van der Waals surface area contributed by atoms with Crippen LogP contribution in [0.4, 0.5) is 4.39 Å². The minimum absolute atomic E-state index is 0.0274. The summed E-state index contributed by atoms with van der Waals surface area (Å²) in [6, 6.07) is 7.35. The van der Waals surface area contributed by atoms with Crippen LogP contribution in [0.15, 0.2) is 36.5 Å². The zero-order valence-electron chi connectivity index (χ0n) is 17.5. The van der Waals surface area contributed by atoms with E-state index in [9.17, 15) is 14.0 Å². The highest BCUT2D eigenvalue weighted by molar-refractivity contribution is 5.99. The molecule has 0 saturated carbocycles. The van der Waals surface area contributed by atoms with Gasteiger partial charge in [0, 0.05) is 37.2 Å². The molecule has 1 aliphatic heterocycles. The number of amides is 2. The zero-order chi connectivity index (χ0) is 22.7. The van der Waals surface area contributed by atoms with Crippen molar-refractivity contribution in [2.75, 3.05) is 32.9 Å². The summed E-state index contributed by atoms with van der Waals surface area (Å²) in [5.74, 6) is -0.694. The average molecular weight is 442 g/mol. The van der Waals surface area contributed by atoms with E-state index in [4.69, 9.17) is 19.9 Å². The van der Waals surface area contributed by atoms with Crippen molar-refractivity contribution in [1.82, 2.24) is 14.7 Å². The van der Waals surface area contributed by atoms with Crippen LogP contribution >= 0.6 is 0 Å². The van der Waals surface area contributed by atoms with Crippen molar-refractivity contribution in [2.45, 2.75) is 6.42 Å². The molecule has 2 aromatic carbocycles. The van der Waals surface area contributed by atoms with Crippen molar-refractivity contribution in [1.29, 1.82) is 0 Å².